The van der Waals surface area contributed by atoms with Crippen LogP contribution in [0.25, 0.3) is 6.08 Å². The van der Waals surface area contributed by atoms with E-state index in [0.717, 1.165) is 6.42 Å². The molecule has 240 valence electrons. The van der Waals surface area contributed by atoms with Gasteiger partial charge in [0.1, 0.15) is 0 Å². The Kier molecular flexibility index (Phi) is 13.5. The normalized spacial score (nSPS) is 13.8. The average molecular weight is 629 g/mol. The number of hydrogen-bond acceptors (Lipinski definition) is 2. The monoisotopic (exact) mass is 628 g/mol. The van der Waals surface area contributed by atoms with Gasteiger partial charge in [-0.25, -0.2) is 0 Å². The molecular weight excluding hydrogens is 569 g/mol. The number of hydrogen-bond donors (Lipinski definition) is 0. The van der Waals surface area contributed by atoms with Crippen molar-refractivity contribution in [2.75, 3.05) is 0 Å². The zero-order chi connectivity index (χ0) is 32.3. The van der Waals surface area contributed by atoms with E-state index in [2.05, 4.69) is 159 Å². The standard InChI is InChI=1S/C40H60O2Si2/c1-10-11-12-13-14-17-25-36(31-30-34-23-22-24-35(32-34)33-41-43(8,9)39(2,3)4)42-44(40(5,6)7,37-26-18-15-19-27-37)38-28-20-16-21-29-38/h15-16,18-24,26-32,36H,10-14,17,25,33H2,1-9H3. The first-order chi connectivity index (χ1) is 20.8. The van der Waals surface area contributed by atoms with Crippen LogP contribution in [0.5, 0.6) is 0 Å². The quantitative estimate of drug-likeness (QED) is 0.116. The summed E-state index contributed by atoms with van der Waals surface area (Å²) in [5.41, 5.74) is 2.44. The Hall–Kier alpha value is -2.25. The van der Waals surface area contributed by atoms with Crippen LogP contribution >= 0.6 is 0 Å². The predicted octanol–water partition coefficient (Wildman–Crippen LogP) is 10.9. The molecule has 1 atom stereocenters. The Morgan fingerprint density at radius 3 is 1.80 bits per heavy atom. The number of benzene rings is 3. The molecular formula is C40H60O2Si2. The Bertz CT molecular complexity index is 1230. The van der Waals surface area contributed by atoms with Gasteiger partial charge < -0.3 is 8.85 Å². The van der Waals surface area contributed by atoms with Crippen LogP contribution < -0.4 is 10.4 Å². The molecule has 0 aliphatic rings. The van der Waals surface area contributed by atoms with Crippen molar-refractivity contribution < 1.29 is 8.85 Å². The van der Waals surface area contributed by atoms with Crippen LogP contribution in [-0.4, -0.2) is 22.7 Å². The Morgan fingerprint density at radius 1 is 0.682 bits per heavy atom. The summed E-state index contributed by atoms with van der Waals surface area (Å²) in [5.74, 6) is 0. The van der Waals surface area contributed by atoms with Crippen molar-refractivity contribution in [2.45, 2.75) is 129 Å². The molecule has 44 heavy (non-hydrogen) atoms. The van der Waals surface area contributed by atoms with Gasteiger partial charge >= 0.3 is 0 Å². The average Bonchev–Trinajstić information content (AvgIpc) is 2.99. The molecule has 3 rings (SSSR count). The zero-order valence-corrected chi connectivity index (χ0v) is 31.3. The predicted molar refractivity (Wildman–Crippen MR) is 198 cm³/mol. The molecule has 1 unspecified atom stereocenters. The van der Waals surface area contributed by atoms with Gasteiger partial charge in [0.05, 0.1) is 12.7 Å². The zero-order valence-electron chi connectivity index (χ0n) is 29.3. The van der Waals surface area contributed by atoms with E-state index in [1.165, 1.54) is 60.0 Å². The highest BCUT2D eigenvalue weighted by Crippen LogP contribution is 2.39. The highest BCUT2D eigenvalue weighted by molar-refractivity contribution is 6.99. The molecule has 0 aliphatic heterocycles. The summed E-state index contributed by atoms with van der Waals surface area (Å²) in [6.45, 7) is 21.6. The van der Waals surface area contributed by atoms with E-state index < -0.39 is 16.6 Å². The third kappa shape index (κ3) is 9.88. The fourth-order valence-corrected chi connectivity index (χ4v) is 11.3. The molecule has 0 N–H and O–H groups in total. The van der Waals surface area contributed by atoms with Crippen LogP contribution in [0.4, 0.5) is 0 Å². The van der Waals surface area contributed by atoms with E-state index in [1.54, 1.807) is 0 Å². The summed E-state index contributed by atoms with van der Waals surface area (Å²) in [6.07, 6.45) is 13.4. The summed E-state index contributed by atoms with van der Waals surface area (Å²) < 4.78 is 14.2. The molecule has 0 radical (unpaired) electrons. The van der Waals surface area contributed by atoms with Crippen molar-refractivity contribution in [3.05, 3.63) is 102 Å². The lowest BCUT2D eigenvalue weighted by atomic mass is 10.1. The van der Waals surface area contributed by atoms with Gasteiger partial charge in [0, 0.05) is 0 Å². The fourth-order valence-electron chi connectivity index (χ4n) is 5.72. The first-order valence-electron chi connectivity index (χ1n) is 17.0. The highest BCUT2D eigenvalue weighted by atomic mass is 28.4. The van der Waals surface area contributed by atoms with Crippen LogP contribution in [-0.2, 0) is 15.5 Å². The molecule has 0 fully saturated rings. The van der Waals surface area contributed by atoms with E-state index in [0.29, 0.717) is 6.61 Å². The minimum absolute atomic E-state index is 0.0274. The lowest BCUT2D eigenvalue weighted by molar-refractivity contribution is 0.219. The molecule has 0 spiro atoms. The smallest absolute Gasteiger partial charge is 0.261 e. The molecule has 3 aromatic rings. The Morgan fingerprint density at radius 2 is 1.25 bits per heavy atom. The fraction of sp³-hybridized carbons (Fsp3) is 0.500. The minimum atomic E-state index is -2.66. The third-order valence-corrected chi connectivity index (χ3v) is 19.0. The molecule has 0 aliphatic carbocycles. The maximum absolute atomic E-state index is 7.62. The summed E-state index contributed by atoms with van der Waals surface area (Å²) in [5, 5.41) is 2.82. The summed E-state index contributed by atoms with van der Waals surface area (Å²) in [7, 11) is -4.47. The van der Waals surface area contributed by atoms with Crippen molar-refractivity contribution in [1.82, 2.24) is 0 Å². The molecule has 3 aromatic carbocycles. The Labute approximate surface area is 272 Å². The summed E-state index contributed by atoms with van der Waals surface area (Å²) >= 11 is 0. The Balaban J connectivity index is 1.95. The molecule has 0 amide bonds. The largest absolute Gasteiger partial charge is 0.413 e. The van der Waals surface area contributed by atoms with Crippen molar-refractivity contribution in [3.8, 4) is 0 Å². The molecule has 0 heterocycles. The van der Waals surface area contributed by atoms with E-state index in [1.807, 2.05) is 0 Å². The second kappa shape index (κ2) is 16.4. The van der Waals surface area contributed by atoms with Gasteiger partial charge in [-0.2, -0.15) is 0 Å². The lowest BCUT2D eigenvalue weighted by Gasteiger charge is -2.45. The van der Waals surface area contributed by atoms with Crippen molar-refractivity contribution in [3.63, 3.8) is 0 Å². The van der Waals surface area contributed by atoms with E-state index in [4.69, 9.17) is 8.85 Å². The van der Waals surface area contributed by atoms with Crippen molar-refractivity contribution in [1.29, 1.82) is 0 Å². The van der Waals surface area contributed by atoms with Crippen LogP contribution in [0.3, 0.4) is 0 Å². The topological polar surface area (TPSA) is 18.5 Å². The second-order valence-corrected chi connectivity index (χ2v) is 24.1. The van der Waals surface area contributed by atoms with Crippen LogP contribution in [0.1, 0.15) is 105 Å². The number of unbranched alkanes of at least 4 members (excludes halogenated alkanes) is 5. The van der Waals surface area contributed by atoms with Gasteiger partial charge in [-0.15, -0.1) is 0 Å². The summed E-state index contributed by atoms with van der Waals surface area (Å²) in [6, 6.07) is 30.9. The van der Waals surface area contributed by atoms with Crippen LogP contribution in [0.2, 0.25) is 23.2 Å². The molecule has 0 bridgehead atoms. The maximum atomic E-state index is 7.62. The molecule has 2 nitrogen and oxygen atoms in total. The minimum Gasteiger partial charge on any atom is -0.413 e. The molecule has 0 saturated carbocycles. The van der Waals surface area contributed by atoms with Gasteiger partial charge in [-0.3, -0.25) is 0 Å². The van der Waals surface area contributed by atoms with Crippen LogP contribution in [0, 0.1) is 0 Å². The van der Waals surface area contributed by atoms with Crippen molar-refractivity contribution in [2.24, 2.45) is 0 Å². The second-order valence-electron chi connectivity index (χ2n) is 15.0. The van der Waals surface area contributed by atoms with Gasteiger partial charge in [-0.05, 0) is 57.2 Å². The first kappa shape index (κ1) is 36.2. The first-order valence-corrected chi connectivity index (χ1v) is 21.8. The van der Waals surface area contributed by atoms with E-state index >= 15 is 0 Å². The van der Waals surface area contributed by atoms with E-state index in [9.17, 15) is 0 Å². The van der Waals surface area contributed by atoms with Gasteiger partial charge in [0.25, 0.3) is 8.32 Å². The van der Waals surface area contributed by atoms with E-state index in [-0.39, 0.29) is 16.2 Å². The number of rotatable bonds is 16. The van der Waals surface area contributed by atoms with Gasteiger partial charge in [-0.1, -0.05) is 178 Å². The molecule has 0 saturated heterocycles. The third-order valence-electron chi connectivity index (χ3n) is 9.45. The molecule has 4 heteroatoms. The highest BCUT2D eigenvalue weighted by Gasteiger charge is 2.51. The van der Waals surface area contributed by atoms with Crippen LogP contribution in [0.15, 0.2) is 91.0 Å². The van der Waals surface area contributed by atoms with Gasteiger partial charge in [0.15, 0.2) is 8.32 Å². The maximum Gasteiger partial charge on any atom is 0.261 e. The van der Waals surface area contributed by atoms with Crippen molar-refractivity contribution >= 4 is 33.1 Å². The summed E-state index contributed by atoms with van der Waals surface area (Å²) in [4.78, 5) is 0. The van der Waals surface area contributed by atoms with Gasteiger partial charge in [0.2, 0.25) is 0 Å². The lowest BCUT2D eigenvalue weighted by Crippen LogP contribution is -2.67. The SMILES string of the molecule is CCCCCCCCC(C=Cc1cccc(CO[Si](C)(C)C(C)(C)C)c1)O[Si](c1ccccc1)(c1ccccc1)C(C)(C)C. The molecule has 0 aromatic heterocycles.